The van der Waals surface area contributed by atoms with Gasteiger partial charge in [-0.05, 0) is 92.3 Å². The highest BCUT2D eigenvalue weighted by Crippen LogP contribution is 2.66. The lowest BCUT2D eigenvalue weighted by molar-refractivity contribution is -0.122. The highest BCUT2D eigenvalue weighted by atomic mass is 16.3. The van der Waals surface area contributed by atoms with Gasteiger partial charge in [0.05, 0.1) is 6.10 Å². The highest BCUT2D eigenvalue weighted by Gasteiger charge is 2.59. The van der Waals surface area contributed by atoms with E-state index < -0.39 is 0 Å². The molecule has 4 aliphatic rings. The summed E-state index contributed by atoms with van der Waals surface area (Å²) in [4.78, 5) is 0. The number of nitrogens with two attached hydrogens (primary N) is 1. The maximum absolute atomic E-state index is 10.5. The number of aliphatic hydroxyl groups excluding tert-OH is 1. The van der Waals surface area contributed by atoms with E-state index in [9.17, 15) is 5.11 Å². The predicted octanol–water partition coefficient (Wildman–Crippen LogP) is 3.72. The second-order valence-electron chi connectivity index (χ2n) is 9.33. The molecule has 0 spiro atoms. The first-order valence-corrected chi connectivity index (χ1v) is 9.39. The van der Waals surface area contributed by atoms with Crippen LogP contribution in [0.2, 0.25) is 0 Å². The summed E-state index contributed by atoms with van der Waals surface area (Å²) in [6.45, 7) is 4.98. The molecule has 0 aliphatic heterocycles. The van der Waals surface area contributed by atoms with Gasteiger partial charge >= 0.3 is 0 Å². The third-order valence-corrected chi connectivity index (χ3v) is 8.66. The third-order valence-electron chi connectivity index (χ3n) is 8.66. The van der Waals surface area contributed by atoms with E-state index in [1.807, 2.05) is 0 Å². The Labute approximate surface area is 129 Å². The van der Waals surface area contributed by atoms with Gasteiger partial charge < -0.3 is 10.8 Å². The summed E-state index contributed by atoms with van der Waals surface area (Å²) in [5.74, 6) is 3.46. The van der Waals surface area contributed by atoms with E-state index in [0.29, 0.717) is 11.5 Å². The Morgan fingerprint density at radius 3 is 2.38 bits per heavy atom. The number of fused-ring (bicyclic) bond motifs is 5. The molecule has 2 nitrogen and oxygen atoms in total. The van der Waals surface area contributed by atoms with E-state index in [4.69, 9.17) is 5.73 Å². The second kappa shape index (κ2) is 4.71. The van der Waals surface area contributed by atoms with Gasteiger partial charge in [0.1, 0.15) is 0 Å². The van der Waals surface area contributed by atoms with Crippen molar-refractivity contribution in [3.63, 3.8) is 0 Å². The van der Waals surface area contributed by atoms with E-state index in [-0.39, 0.29) is 11.5 Å². The van der Waals surface area contributed by atoms with Crippen LogP contribution in [0.5, 0.6) is 0 Å². The van der Waals surface area contributed by atoms with Crippen molar-refractivity contribution in [1.29, 1.82) is 0 Å². The lowest BCUT2D eigenvalue weighted by Gasteiger charge is -2.60. The number of hydrogen-bond acceptors (Lipinski definition) is 2. The summed E-state index contributed by atoms with van der Waals surface area (Å²) in [6.07, 6.45) is 11.6. The molecule has 4 fully saturated rings. The van der Waals surface area contributed by atoms with Crippen molar-refractivity contribution in [2.75, 3.05) is 0 Å². The molecule has 21 heavy (non-hydrogen) atoms. The normalized spacial score (nSPS) is 60.0. The van der Waals surface area contributed by atoms with Crippen molar-refractivity contribution in [2.24, 2.45) is 40.2 Å². The molecule has 0 amide bonds. The van der Waals surface area contributed by atoms with Gasteiger partial charge in [-0.3, -0.25) is 0 Å². The van der Waals surface area contributed by atoms with Gasteiger partial charge in [0, 0.05) is 6.04 Å². The van der Waals surface area contributed by atoms with Gasteiger partial charge in [0.15, 0.2) is 0 Å². The number of aliphatic hydroxyl groups is 1. The Hall–Kier alpha value is -0.0800. The SMILES string of the molecule is C[C@]12CCC3C(CC[C@H]4C[C@H](N)CC[C@]34C)C1CC[C@H]2O. The monoisotopic (exact) mass is 291 g/mol. The first kappa shape index (κ1) is 14.5. The zero-order valence-corrected chi connectivity index (χ0v) is 13.9. The molecular formula is C19H33NO. The predicted molar refractivity (Wildman–Crippen MR) is 85.7 cm³/mol. The van der Waals surface area contributed by atoms with Crippen molar-refractivity contribution in [2.45, 2.75) is 83.8 Å². The van der Waals surface area contributed by atoms with Crippen LogP contribution in [0.3, 0.4) is 0 Å². The van der Waals surface area contributed by atoms with Gasteiger partial charge in [0.25, 0.3) is 0 Å². The summed E-state index contributed by atoms with van der Waals surface area (Å²) in [7, 11) is 0. The highest BCUT2D eigenvalue weighted by molar-refractivity contribution is 5.09. The average Bonchev–Trinajstić information content (AvgIpc) is 2.76. The van der Waals surface area contributed by atoms with Crippen LogP contribution < -0.4 is 5.73 Å². The summed E-state index contributed by atoms with van der Waals surface area (Å²) >= 11 is 0. The molecule has 8 atom stereocenters. The molecule has 0 radical (unpaired) electrons. The molecule has 4 rings (SSSR count). The van der Waals surface area contributed by atoms with Crippen molar-refractivity contribution in [1.82, 2.24) is 0 Å². The fourth-order valence-electron chi connectivity index (χ4n) is 7.26. The largest absolute Gasteiger partial charge is 0.393 e. The van der Waals surface area contributed by atoms with Crippen molar-refractivity contribution >= 4 is 0 Å². The van der Waals surface area contributed by atoms with Crippen LogP contribution in [-0.2, 0) is 0 Å². The van der Waals surface area contributed by atoms with Crippen LogP contribution in [0.1, 0.15) is 71.6 Å². The fraction of sp³-hybridized carbons (Fsp3) is 1.00. The molecule has 0 heterocycles. The third kappa shape index (κ3) is 1.91. The smallest absolute Gasteiger partial charge is 0.0596 e. The molecule has 0 aromatic heterocycles. The molecule has 3 unspecified atom stereocenters. The summed E-state index contributed by atoms with van der Waals surface area (Å²) in [5.41, 5.74) is 7.04. The minimum absolute atomic E-state index is 0.0336. The molecule has 0 aromatic rings. The van der Waals surface area contributed by atoms with Gasteiger partial charge in [-0.1, -0.05) is 13.8 Å². The van der Waals surface area contributed by atoms with Gasteiger partial charge in [-0.15, -0.1) is 0 Å². The van der Waals surface area contributed by atoms with E-state index in [0.717, 1.165) is 30.1 Å². The lowest BCUT2D eigenvalue weighted by atomic mass is 9.45. The van der Waals surface area contributed by atoms with Crippen LogP contribution in [0.4, 0.5) is 0 Å². The molecule has 0 saturated heterocycles. The minimum atomic E-state index is -0.0336. The Bertz CT molecular complexity index is 424. The van der Waals surface area contributed by atoms with E-state index >= 15 is 0 Å². The number of rotatable bonds is 0. The van der Waals surface area contributed by atoms with Gasteiger partial charge in [-0.25, -0.2) is 0 Å². The van der Waals surface area contributed by atoms with Gasteiger partial charge in [-0.2, -0.15) is 0 Å². The van der Waals surface area contributed by atoms with Crippen molar-refractivity contribution in [3.8, 4) is 0 Å². The lowest BCUT2D eigenvalue weighted by Crippen LogP contribution is -2.55. The summed E-state index contributed by atoms with van der Waals surface area (Å²) in [6, 6.07) is 0.460. The van der Waals surface area contributed by atoms with E-state index in [1.54, 1.807) is 0 Å². The molecule has 4 aliphatic carbocycles. The Morgan fingerprint density at radius 1 is 0.857 bits per heavy atom. The Balaban J connectivity index is 1.62. The Morgan fingerprint density at radius 2 is 1.57 bits per heavy atom. The van der Waals surface area contributed by atoms with Crippen molar-refractivity contribution in [3.05, 3.63) is 0 Å². The average molecular weight is 291 g/mol. The topological polar surface area (TPSA) is 46.2 Å². The second-order valence-corrected chi connectivity index (χ2v) is 9.33. The van der Waals surface area contributed by atoms with Crippen LogP contribution in [0, 0.1) is 34.5 Å². The molecule has 2 heteroatoms. The van der Waals surface area contributed by atoms with Crippen LogP contribution in [0.15, 0.2) is 0 Å². The molecule has 3 N–H and O–H groups in total. The summed E-state index contributed by atoms with van der Waals surface area (Å²) in [5, 5.41) is 10.5. The van der Waals surface area contributed by atoms with Crippen LogP contribution in [0.25, 0.3) is 0 Å². The van der Waals surface area contributed by atoms with E-state index in [2.05, 4.69) is 13.8 Å². The molecule has 0 bridgehead atoms. The molecular weight excluding hydrogens is 258 g/mol. The molecule has 120 valence electrons. The maximum atomic E-state index is 10.5. The Kier molecular flexibility index (Phi) is 3.25. The summed E-state index contributed by atoms with van der Waals surface area (Å²) < 4.78 is 0. The standard InChI is InChI=1S/C19H33NO/c1-18-9-7-13(20)11-12(18)3-4-14-15-5-6-17(21)19(15,2)10-8-16(14)18/h12-17,21H,3-11,20H2,1-2H3/t12-,13+,14?,15?,16?,17+,18-,19-/m0/s1. The first-order valence-electron chi connectivity index (χ1n) is 9.39. The fourth-order valence-corrected chi connectivity index (χ4v) is 7.26. The van der Waals surface area contributed by atoms with Crippen LogP contribution >= 0.6 is 0 Å². The maximum Gasteiger partial charge on any atom is 0.0596 e. The molecule has 0 aromatic carbocycles. The zero-order valence-electron chi connectivity index (χ0n) is 13.9. The number of hydrogen-bond donors (Lipinski definition) is 2. The first-order chi connectivity index (χ1) is 9.95. The minimum Gasteiger partial charge on any atom is -0.393 e. The van der Waals surface area contributed by atoms with E-state index in [1.165, 1.54) is 51.4 Å². The van der Waals surface area contributed by atoms with Gasteiger partial charge in [0.2, 0.25) is 0 Å². The van der Waals surface area contributed by atoms with Crippen molar-refractivity contribution < 1.29 is 5.11 Å². The van der Waals surface area contributed by atoms with Crippen LogP contribution in [-0.4, -0.2) is 17.3 Å². The molecule has 4 saturated carbocycles. The zero-order chi connectivity index (χ0) is 14.8. The quantitative estimate of drug-likeness (QED) is 0.714.